The molecule has 1 heterocycles. The Morgan fingerprint density at radius 3 is 2.00 bits per heavy atom. The molecule has 2 atom stereocenters. The molecule has 2 unspecified atom stereocenters. The summed E-state index contributed by atoms with van der Waals surface area (Å²) >= 11 is 0. The van der Waals surface area contributed by atoms with Crippen LogP contribution in [0.4, 0.5) is 0 Å². The minimum absolute atomic E-state index is 0.317. The zero-order chi connectivity index (χ0) is 18.4. The lowest BCUT2D eigenvalue weighted by Crippen LogP contribution is -2.56. The molecule has 1 aliphatic heterocycles. The average molecular weight is 352 g/mol. The molecule has 3 heteroatoms. The first kappa shape index (κ1) is 22.4. The number of hydrogen-bond donors (Lipinski definition) is 1. The van der Waals surface area contributed by atoms with Crippen LogP contribution in [0.1, 0.15) is 97.3 Å². The average Bonchev–Trinajstić information content (AvgIpc) is 3.03. The number of quaternary nitrogens is 1. The van der Waals surface area contributed by atoms with Crippen LogP contribution in [0.25, 0.3) is 0 Å². The smallest absolute Gasteiger partial charge is 0.200 e. The SMILES string of the molecule is C=CCCCCCCCCCCCCCC1=NCC[N+]1(CC)C(C)O. The molecule has 146 valence electrons. The van der Waals surface area contributed by atoms with E-state index in [0.29, 0.717) is 4.48 Å². The van der Waals surface area contributed by atoms with Crippen LogP contribution in [-0.4, -0.2) is 41.3 Å². The molecule has 0 fully saturated rings. The maximum absolute atomic E-state index is 10.2. The molecule has 0 aromatic carbocycles. The summed E-state index contributed by atoms with van der Waals surface area (Å²) in [7, 11) is 0. The second kappa shape index (κ2) is 13.5. The Bertz CT molecular complexity index is 378. The largest absolute Gasteiger partial charge is 0.345 e. The Balaban J connectivity index is 1.96. The van der Waals surface area contributed by atoms with Gasteiger partial charge in [0.1, 0.15) is 6.54 Å². The molecule has 0 spiro atoms. The van der Waals surface area contributed by atoms with Crippen molar-refractivity contribution in [3.63, 3.8) is 0 Å². The van der Waals surface area contributed by atoms with Crippen molar-refractivity contribution in [3.05, 3.63) is 12.7 Å². The van der Waals surface area contributed by atoms with Crippen LogP contribution in [0.3, 0.4) is 0 Å². The molecule has 1 rings (SSSR count). The van der Waals surface area contributed by atoms with E-state index in [1.165, 1.54) is 82.9 Å². The molecule has 0 aromatic heterocycles. The van der Waals surface area contributed by atoms with Gasteiger partial charge < -0.3 is 5.11 Å². The molecular formula is C22H43N2O+. The standard InChI is InChI=1S/C22H43N2O/c1-4-6-7-8-9-10-11-12-13-14-15-16-17-18-22-23-19-20-24(22,5-2)21(3)25/h4,21,25H,1,5-20H2,2-3H3/q+1. The summed E-state index contributed by atoms with van der Waals surface area (Å²) < 4.78 is 0.715. The van der Waals surface area contributed by atoms with Crippen LogP contribution in [0, 0.1) is 0 Å². The number of amidine groups is 1. The summed E-state index contributed by atoms with van der Waals surface area (Å²) in [5.74, 6) is 1.24. The Kier molecular flexibility index (Phi) is 12.1. The molecule has 1 aliphatic rings. The predicted octanol–water partition coefficient (Wildman–Crippen LogP) is 5.83. The molecule has 0 aromatic rings. The Morgan fingerprint density at radius 2 is 1.52 bits per heavy atom. The van der Waals surface area contributed by atoms with E-state index in [0.717, 1.165) is 26.1 Å². The number of nitrogens with zero attached hydrogens (tertiary/aromatic N) is 2. The van der Waals surface area contributed by atoms with Crippen LogP contribution in [-0.2, 0) is 0 Å². The molecule has 0 radical (unpaired) electrons. The van der Waals surface area contributed by atoms with Crippen molar-refractivity contribution < 1.29 is 9.59 Å². The number of hydrogen-bond acceptors (Lipinski definition) is 2. The number of aliphatic hydroxyl groups is 1. The number of rotatable bonds is 16. The molecule has 0 amide bonds. The Morgan fingerprint density at radius 1 is 1.00 bits per heavy atom. The summed E-state index contributed by atoms with van der Waals surface area (Å²) in [5.41, 5.74) is 0. The summed E-state index contributed by atoms with van der Waals surface area (Å²) in [6, 6.07) is 0. The monoisotopic (exact) mass is 351 g/mol. The quantitative estimate of drug-likeness (QED) is 0.212. The first-order valence-electron chi connectivity index (χ1n) is 10.9. The van der Waals surface area contributed by atoms with E-state index in [1.807, 2.05) is 13.0 Å². The van der Waals surface area contributed by atoms with Gasteiger partial charge in [-0.1, -0.05) is 63.9 Å². The van der Waals surface area contributed by atoms with Gasteiger partial charge in [0.2, 0.25) is 5.84 Å². The van der Waals surface area contributed by atoms with Gasteiger partial charge in [0.25, 0.3) is 0 Å². The van der Waals surface area contributed by atoms with Gasteiger partial charge in [-0.05, 0) is 26.2 Å². The highest BCUT2D eigenvalue weighted by Crippen LogP contribution is 2.23. The van der Waals surface area contributed by atoms with E-state index >= 15 is 0 Å². The van der Waals surface area contributed by atoms with E-state index in [9.17, 15) is 5.11 Å². The van der Waals surface area contributed by atoms with Gasteiger partial charge in [-0.2, -0.15) is 0 Å². The highest BCUT2D eigenvalue weighted by molar-refractivity contribution is 5.76. The zero-order valence-electron chi connectivity index (χ0n) is 17.0. The van der Waals surface area contributed by atoms with E-state index < -0.39 is 0 Å². The second-order valence-electron chi connectivity index (χ2n) is 7.72. The number of allylic oxidation sites excluding steroid dienone is 1. The topological polar surface area (TPSA) is 32.6 Å². The fourth-order valence-corrected chi connectivity index (χ4v) is 4.10. The van der Waals surface area contributed by atoms with E-state index in [-0.39, 0.29) is 6.23 Å². The molecule has 0 bridgehead atoms. The molecule has 0 saturated carbocycles. The molecule has 1 N–H and O–H groups in total. The highest BCUT2D eigenvalue weighted by atomic mass is 16.3. The predicted molar refractivity (Wildman–Crippen MR) is 110 cm³/mol. The van der Waals surface area contributed by atoms with Crippen LogP contribution in [0.2, 0.25) is 0 Å². The second-order valence-corrected chi connectivity index (χ2v) is 7.72. The van der Waals surface area contributed by atoms with Gasteiger partial charge in [0.05, 0.1) is 13.1 Å². The van der Waals surface area contributed by atoms with Gasteiger partial charge in [0.15, 0.2) is 6.23 Å². The maximum Gasteiger partial charge on any atom is 0.200 e. The first-order valence-corrected chi connectivity index (χ1v) is 10.9. The van der Waals surface area contributed by atoms with Crippen molar-refractivity contribution in [3.8, 4) is 0 Å². The minimum Gasteiger partial charge on any atom is -0.345 e. The lowest BCUT2D eigenvalue weighted by molar-refractivity contribution is -0.882. The fourth-order valence-electron chi connectivity index (χ4n) is 4.10. The summed E-state index contributed by atoms with van der Waals surface area (Å²) in [6.45, 7) is 10.7. The third-order valence-electron chi connectivity index (χ3n) is 5.90. The maximum atomic E-state index is 10.2. The van der Waals surface area contributed by atoms with E-state index in [4.69, 9.17) is 4.99 Å². The lowest BCUT2D eigenvalue weighted by Gasteiger charge is -2.36. The minimum atomic E-state index is -0.317. The van der Waals surface area contributed by atoms with Gasteiger partial charge in [-0.15, -0.1) is 6.58 Å². The van der Waals surface area contributed by atoms with Crippen LogP contribution >= 0.6 is 0 Å². The van der Waals surface area contributed by atoms with Crippen molar-refractivity contribution in [2.75, 3.05) is 19.6 Å². The van der Waals surface area contributed by atoms with Gasteiger partial charge in [-0.25, -0.2) is 4.99 Å². The molecule has 3 nitrogen and oxygen atoms in total. The van der Waals surface area contributed by atoms with Gasteiger partial charge in [-0.3, -0.25) is 4.48 Å². The fraction of sp³-hybridized carbons (Fsp3) is 0.864. The molecule has 0 aliphatic carbocycles. The third kappa shape index (κ3) is 8.04. The zero-order valence-corrected chi connectivity index (χ0v) is 17.0. The van der Waals surface area contributed by atoms with Crippen LogP contribution in [0.15, 0.2) is 17.6 Å². The van der Waals surface area contributed by atoms with E-state index in [2.05, 4.69) is 13.5 Å². The van der Waals surface area contributed by atoms with Gasteiger partial charge >= 0.3 is 0 Å². The molecule has 25 heavy (non-hydrogen) atoms. The summed E-state index contributed by atoms with van der Waals surface area (Å²) in [4.78, 5) is 4.70. The first-order chi connectivity index (χ1) is 12.2. The Hall–Kier alpha value is -0.670. The summed E-state index contributed by atoms with van der Waals surface area (Å²) in [6.07, 6.45) is 19.0. The van der Waals surface area contributed by atoms with Crippen molar-refractivity contribution >= 4 is 5.84 Å². The van der Waals surface area contributed by atoms with Crippen LogP contribution in [0.5, 0.6) is 0 Å². The Labute approximate surface area is 156 Å². The number of unbranched alkanes of at least 4 members (excludes halogenated alkanes) is 11. The number of likely N-dealkylation sites (N-methyl/N-ethyl adjacent to an activating group) is 1. The third-order valence-corrected chi connectivity index (χ3v) is 5.90. The van der Waals surface area contributed by atoms with Crippen molar-refractivity contribution in [2.45, 2.75) is 104 Å². The number of aliphatic hydroxyl groups excluding tert-OH is 1. The highest BCUT2D eigenvalue weighted by Gasteiger charge is 2.40. The molecular weight excluding hydrogens is 308 g/mol. The van der Waals surface area contributed by atoms with E-state index in [1.54, 1.807) is 0 Å². The van der Waals surface area contributed by atoms with Crippen LogP contribution < -0.4 is 0 Å². The summed E-state index contributed by atoms with van der Waals surface area (Å²) in [5, 5.41) is 10.2. The van der Waals surface area contributed by atoms with Gasteiger partial charge in [0, 0.05) is 13.3 Å². The molecule has 0 saturated heterocycles. The van der Waals surface area contributed by atoms with Crippen molar-refractivity contribution in [1.82, 2.24) is 0 Å². The normalized spacial score (nSPS) is 21.3. The van der Waals surface area contributed by atoms with Crippen molar-refractivity contribution in [1.29, 1.82) is 0 Å². The van der Waals surface area contributed by atoms with Crippen molar-refractivity contribution in [2.24, 2.45) is 4.99 Å². The number of aliphatic imine (C=N–C) groups is 1. The lowest BCUT2D eigenvalue weighted by atomic mass is 10.0.